The highest BCUT2D eigenvalue weighted by molar-refractivity contribution is 5.86. The number of aromatic nitrogens is 3. The van der Waals surface area contributed by atoms with Gasteiger partial charge in [-0.1, -0.05) is 12.8 Å². The van der Waals surface area contributed by atoms with E-state index < -0.39 is 0 Å². The molecule has 2 fully saturated rings. The van der Waals surface area contributed by atoms with Crippen LogP contribution in [0.5, 0.6) is 0 Å². The second-order valence-electron chi connectivity index (χ2n) is 6.23. The highest BCUT2D eigenvalue weighted by atomic mass is 15.1. The summed E-state index contributed by atoms with van der Waals surface area (Å²) >= 11 is 0. The Morgan fingerprint density at radius 1 is 1.16 bits per heavy atom. The molecule has 2 aliphatic rings. The molecular weight excluding hydrogens is 236 g/mol. The quantitative estimate of drug-likeness (QED) is 0.917. The molecule has 2 aliphatic carbocycles. The Labute approximate surface area is 113 Å². The minimum absolute atomic E-state index is 0.594. The van der Waals surface area contributed by atoms with Crippen molar-refractivity contribution in [2.24, 2.45) is 11.8 Å². The molecule has 100 valence electrons. The molecule has 0 spiro atoms. The minimum atomic E-state index is 0.594. The summed E-state index contributed by atoms with van der Waals surface area (Å²) in [6, 6.07) is 2.66. The van der Waals surface area contributed by atoms with Crippen LogP contribution in [0.15, 0.2) is 18.6 Å². The molecule has 0 amide bonds. The van der Waals surface area contributed by atoms with Gasteiger partial charge in [0.05, 0.1) is 5.39 Å². The van der Waals surface area contributed by atoms with Crippen LogP contribution in [-0.4, -0.2) is 14.5 Å². The molecular formula is C15H20N4. The van der Waals surface area contributed by atoms with Crippen molar-refractivity contribution in [3.63, 3.8) is 0 Å². The Morgan fingerprint density at radius 3 is 2.84 bits per heavy atom. The zero-order valence-electron chi connectivity index (χ0n) is 11.1. The van der Waals surface area contributed by atoms with E-state index in [4.69, 9.17) is 5.73 Å². The fourth-order valence-electron chi connectivity index (χ4n) is 3.63. The third kappa shape index (κ3) is 1.99. The molecule has 0 aromatic carbocycles. The molecule has 2 aromatic heterocycles. The van der Waals surface area contributed by atoms with E-state index in [2.05, 4.69) is 26.8 Å². The highest BCUT2D eigenvalue weighted by Gasteiger charge is 2.32. The predicted octanol–water partition coefficient (Wildman–Crippen LogP) is 3.15. The molecule has 2 atom stereocenters. The number of fused-ring (bicyclic) bond motifs is 1. The van der Waals surface area contributed by atoms with Gasteiger partial charge in [0.1, 0.15) is 17.8 Å². The van der Waals surface area contributed by atoms with Gasteiger partial charge in [0.25, 0.3) is 0 Å². The zero-order chi connectivity index (χ0) is 12.8. The van der Waals surface area contributed by atoms with E-state index in [-0.39, 0.29) is 0 Å². The van der Waals surface area contributed by atoms with Crippen molar-refractivity contribution in [3.8, 4) is 0 Å². The Balaban J connectivity index is 1.59. The van der Waals surface area contributed by atoms with Crippen LogP contribution in [-0.2, 0) is 0 Å². The van der Waals surface area contributed by atoms with Gasteiger partial charge in [0, 0.05) is 12.2 Å². The van der Waals surface area contributed by atoms with E-state index in [9.17, 15) is 0 Å². The van der Waals surface area contributed by atoms with Crippen molar-refractivity contribution in [1.29, 1.82) is 0 Å². The molecule has 0 aliphatic heterocycles. The molecule has 2 N–H and O–H groups in total. The summed E-state index contributed by atoms with van der Waals surface area (Å²) in [5.74, 6) is 2.56. The highest BCUT2D eigenvalue weighted by Crippen LogP contribution is 2.44. The fraction of sp³-hybridized carbons (Fsp3) is 0.600. The largest absolute Gasteiger partial charge is 0.383 e. The van der Waals surface area contributed by atoms with Gasteiger partial charge < -0.3 is 10.3 Å². The number of nitrogens with zero attached hydrogens (tertiary/aromatic N) is 3. The van der Waals surface area contributed by atoms with E-state index in [0.717, 1.165) is 22.9 Å². The van der Waals surface area contributed by atoms with Crippen molar-refractivity contribution in [3.05, 3.63) is 18.6 Å². The lowest BCUT2D eigenvalue weighted by atomic mass is 10.0. The second-order valence-corrected chi connectivity index (χ2v) is 6.23. The van der Waals surface area contributed by atoms with Crippen LogP contribution in [0.2, 0.25) is 0 Å². The number of hydrogen-bond acceptors (Lipinski definition) is 3. The van der Waals surface area contributed by atoms with Crippen LogP contribution in [0.3, 0.4) is 0 Å². The SMILES string of the molecule is Nc1ncnc2c1ccn2[C@H]1CC[C@H](CC2CC2)C1. The normalized spacial score (nSPS) is 27.2. The summed E-state index contributed by atoms with van der Waals surface area (Å²) in [4.78, 5) is 8.48. The van der Waals surface area contributed by atoms with E-state index in [1.807, 2.05) is 0 Å². The molecule has 2 aromatic rings. The molecule has 2 heterocycles. The third-order valence-electron chi connectivity index (χ3n) is 4.81. The van der Waals surface area contributed by atoms with Crippen LogP contribution in [0.1, 0.15) is 44.6 Å². The van der Waals surface area contributed by atoms with Crippen LogP contribution >= 0.6 is 0 Å². The maximum absolute atomic E-state index is 5.91. The first-order valence-corrected chi connectivity index (χ1v) is 7.38. The van der Waals surface area contributed by atoms with Crippen LogP contribution < -0.4 is 5.73 Å². The monoisotopic (exact) mass is 256 g/mol. The molecule has 0 saturated heterocycles. The zero-order valence-corrected chi connectivity index (χ0v) is 11.1. The molecule has 0 bridgehead atoms. The van der Waals surface area contributed by atoms with E-state index in [1.54, 1.807) is 6.33 Å². The fourth-order valence-corrected chi connectivity index (χ4v) is 3.63. The number of hydrogen-bond donors (Lipinski definition) is 1. The summed E-state index contributed by atoms with van der Waals surface area (Å²) < 4.78 is 2.32. The lowest BCUT2D eigenvalue weighted by molar-refractivity contribution is 0.440. The van der Waals surface area contributed by atoms with Crippen LogP contribution in [0, 0.1) is 11.8 Å². The number of nitrogens with two attached hydrogens (primary N) is 1. The Kier molecular flexibility index (Phi) is 2.50. The summed E-state index contributed by atoms with van der Waals surface area (Å²) in [7, 11) is 0. The topological polar surface area (TPSA) is 56.7 Å². The number of anilines is 1. The van der Waals surface area contributed by atoms with E-state index in [1.165, 1.54) is 38.5 Å². The Bertz CT molecular complexity index is 599. The number of rotatable bonds is 3. The van der Waals surface area contributed by atoms with Crippen molar-refractivity contribution in [1.82, 2.24) is 14.5 Å². The molecule has 2 saturated carbocycles. The van der Waals surface area contributed by atoms with E-state index >= 15 is 0 Å². The van der Waals surface area contributed by atoms with Gasteiger partial charge in [0.2, 0.25) is 0 Å². The minimum Gasteiger partial charge on any atom is -0.383 e. The first-order valence-electron chi connectivity index (χ1n) is 7.38. The molecule has 4 heteroatoms. The van der Waals surface area contributed by atoms with Gasteiger partial charge in [-0.2, -0.15) is 0 Å². The summed E-state index contributed by atoms with van der Waals surface area (Å²) in [6.07, 6.45) is 12.1. The summed E-state index contributed by atoms with van der Waals surface area (Å²) in [5, 5.41) is 0.994. The molecule has 0 unspecified atom stereocenters. The third-order valence-corrected chi connectivity index (χ3v) is 4.81. The smallest absolute Gasteiger partial charge is 0.145 e. The standard InChI is InChI=1S/C15H20N4/c16-14-13-5-6-19(15(13)18-9-17-14)12-4-3-11(8-12)7-10-1-2-10/h5-6,9-12H,1-4,7-8H2,(H2,16,17,18)/t11-,12+/m1/s1. The molecule has 19 heavy (non-hydrogen) atoms. The van der Waals surface area contributed by atoms with E-state index in [0.29, 0.717) is 11.9 Å². The Hall–Kier alpha value is -1.58. The average molecular weight is 256 g/mol. The lowest BCUT2D eigenvalue weighted by Crippen LogP contribution is -2.06. The maximum Gasteiger partial charge on any atom is 0.145 e. The van der Waals surface area contributed by atoms with Gasteiger partial charge in [-0.25, -0.2) is 9.97 Å². The van der Waals surface area contributed by atoms with Crippen molar-refractivity contribution < 1.29 is 0 Å². The van der Waals surface area contributed by atoms with Gasteiger partial charge in [-0.05, 0) is 43.6 Å². The first kappa shape index (κ1) is 11.3. The van der Waals surface area contributed by atoms with Gasteiger partial charge in [-0.3, -0.25) is 0 Å². The summed E-state index contributed by atoms with van der Waals surface area (Å²) in [6.45, 7) is 0. The summed E-state index contributed by atoms with van der Waals surface area (Å²) in [5.41, 5.74) is 6.91. The van der Waals surface area contributed by atoms with Gasteiger partial charge in [0.15, 0.2) is 0 Å². The maximum atomic E-state index is 5.91. The van der Waals surface area contributed by atoms with Crippen molar-refractivity contribution in [2.75, 3.05) is 5.73 Å². The first-order chi connectivity index (χ1) is 9.31. The Morgan fingerprint density at radius 2 is 2.00 bits per heavy atom. The van der Waals surface area contributed by atoms with Crippen molar-refractivity contribution >= 4 is 16.9 Å². The average Bonchev–Trinajstić information content (AvgIpc) is 2.92. The number of nitrogen functional groups attached to an aromatic ring is 1. The molecule has 0 radical (unpaired) electrons. The van der Waals surface area contributed by atoms with Crippen LogP contribution in [0.25, 0.3) is 11.0 Å². The molecule has 4 rings (SSSR count). The lowest BCUT2D eigenvalue weighted by Gasteiger charge is -2.14. The predicted molar refractivity (Wildman–Crippen MR) is 75.7 cm³/mol. The van der Waals surface area contributed by atoms with Crippen molar-refractivity contribution in [2.45, 2.75) is 44.6 Å². The van der Waals surface area contributed by atoms with Crippen LogP contribution in [0.4, 0.5) is 5.82 Å². The second kappa shape index (κ2) is 4.22. The van der Waals surface area contributed by atoms with Gasteiger partial charge >= 0.3 is 0 Å². The molecule has 4 nitrogen and oxygen atoms in total. The van der Waals surface area contributed by atoms with Gasteiger partial charge in [-0.15, -0.1) is 0 Å².